The van der Waals surface area contributed by atoms with Gasteiger partial charge in [0.25, 0.3) is 0 Å². The van der Waals surface area contributed by atoms with Crippen molar-refractivity contribution >= 4 is 27.5 Å². The minimum atomic E-state index is -2.84. The van der Waals surface area contributed by atoms with Crippen molar-refractivity contribution < 1.29 is 13.2 Å². The average Bonchev–Trinajstić information content (AvgIpc) is 2.67. The lowest BCUT2D eigenvalue weighted by molar-refractivity contribution is -0.118. The van der Waals surface area contributed by atoms with Crippen LogP contribution in [0.1, 0.15) is 38.5 Å². The molecule has 1 N–H and O–H groups in total. The van der Waals surface area contributed by atoms with Crippen LogP contribution in [0, 0.1) is 0 Å². The maximum Gasteiger partial charge on any atom is 0.230 e. The fourth-order valence-electron chi connectivity index (χ4n) is 3.03. The second-order valence-electron chi connectivity index (χ2n) is 6.30. The van der Waals surface area contributed by atoms with Crippen LogP contribution < -0.4 is 5.32 Å². The molecule has 7 heteroatoms. The first kappa shape index (κ1) is 18.1. The van der Waals surface area contributed by atoms with E-state index < -0.39 is 9.84 Å². The second kappa shape index (κ2) is 9.13. The molecule has 0 bridgehead atoms. The van der Waals surface area contributed by atoms with Crippen molar-refractivity contribution in [3.8, 4) is 0 Å². The second-order valence-corrected chi connectivity index (χ2v) is 9.81. The summed E-state index contributed by atoms with van der Waals surface area (Å²) in [7, 11) is -2.84. The predicted octanol–water partition coefficient (Wildman–Crippen LogP) is 1.29. The van der Waals surface area contributed by atoms with Crippen molar-refractivity contribution in [1.29, 1.82) is 0 Å². The third-order valence-corrected chi connectivity index (χ3v) is 7.59. The van der Waals surface area contributed by atoms with E-state index in [0.29, 0.717) is 12.2 Å². The summed E-state index contributed by atoms with van der Waals surface area (Å²) in [6.45, 7) is 4.17. The average molecular weight is 349 g/mol. The number of nitrogens with one attached hydrogen (secondary N) is 1. The molecule has 2 fully saturated rings. The van der Waals surface area contributed by atoms with Crippen LogP contribution in [0.3, 0.4) is 0 Å². The Kier molecular flexibility index (Phi) is 7.50. The summed E-state index contributed by atoms with van der Waals surface area (Å²) in [4.78, 5) is 14.3. The first-order valence-electron chi connectivity index (χ1n) is 8.36. The van der Waals surface area contributed by atoms with E-state index in [9.17, 15) is 13.2 Å². The molecular formula is C15H28N2O3S2. The quantitative estimate of drug-likeness (QED) is 0.702. The zero-order valence-electron chi connectivity index (χ0n) is 13.3. The van der Waals surface area contributed by atoms with Gasteiger partial charge in [-0.2, -0.15) is 0 Å². The normalized spacial score (nSPS) is 25.7. The molecule has 2 rings (SSSR count). The molecule has 0 spiro atoms. The summed E-state index contributed by atoms with van der Waals surface area (Å²) in [6.07, 6.45) is 6.98. The molecule has 0 aromatic rings. The van der Waals surface area contributed by atoms with E-state index in [1.165, 1.54) is 50.5 Å². The minimum absolute atomic E-state index is 0.0326. The predicted molar refractivity (Wildman–Crippen MR) is 92.1 cm³/mol. The maximum atomic E-state index is 11.8. The van der Waals surface area contributed by atoms with Crippen LogP contribution in [-0.2, 0) is 14.6 Å². The summed E-state index contributed by atoms with van der Waals surface area (Å²) in [6, 6.07) is 0. The molecule has 2 aliphatic rings. The van der Waals surface area contributed by atoms with E-state index in [-0.39, 0.29) is 22.7 Å². The number of carbonyl (C=O) groups excluding carboxylic acids is 1. The van der Waals surface area contributed by atoms with E-state index in [0.717, 1.165) is 19.5 Å². The highest BCUT2D eigenvalue weighted by molar-refractivity contribution is 8.02. The first-order valence-corrected chi connectivity index (χ1v) is 11.2. The largest absolute Gasteiger partial charge is 0.355 e. The molecule has 0 radical (unpaired) electrons. The smallest absolute Gasteiger partial charge is 0.230 e. The third-order valence-electron chi connectivity index (χ3n) is 4.31. The highest BCUT2D eigenvalue weighted by Crippen LogP contribution is 2.23. The van der Waals surface area contributed by atoms with Crippen LogP contribution in [0.15, 0.2) is 0 Å². The van der Waals surface area contributed by atoms with Gasteiger partial charge in [0.15, 0.2) is 9.84 Å². The summed E-state index contributed by atoms with van der Waals surface area (Å²) >= 11 is 1.48. The number of thioether (sulfide) groups is 1. The van der Waals surface area contributed by atoms with Crippen LogP contribution >= 0.6 is 11.8 Å². The Balaban J connectivity index is 1.50. The SMILES string of the molecule is O=C(CSC1CCS(=O)(=O)C1)NCCCN1CCCCCC1. The molecule has 128 valence electrons. The Morgan fingerprint density at radius 3 is 2.55 bits per heavy atom. The van der Waals surface area contributed by atoms with Gasteiger partial charge in [0.2, 0.25) is 5.91 Å². The number of sulfone groups is 1. The standard InChI is InChI=1S/C15H28N2O3S2/c18-15(12-21-14-6-11-22(19,20)13-14)16-7-5-10-17-8-3-1-2-4-9-17/h14H,1-13H2,(H,16,18). The molecule has 1 unspecified atom stereocenters. The van der Waals surface area contributed by atoms with Gasteiger partial charge < -0.3 is 10.2 Å². The highest BCUT2D eigenvalue weighted by Gasteiger charge is 2.28. The Bertz CT molecular complexity index is 446. The van der Waals surface area contributed by atoms with Gasteiger partial charge in [-0.05, 0) is 45.3 Å². The highest BCUT2D eigenvalue weighted by atomic mass is 32.2. The van der Waals surface area contributed by atoms with Gasteiger partial charge >= 0.3 is 0 Å². The van der Waals surface area contributed by atoms with E-state index >= 15 is 0 Å². The van der Waals surface area contributed by atoms with Crippen LogP contribution in [0.5, 0.6) is 0 Å². The topological polar surface area (TPSA) is 66.5 Å². The lowest BCUT2D eigenvalue weighted by Crippen LogP contribution is -2.31. The van der Waals surface area contributed by atoms with Crippen LogP contribution in [-0.4, -0.2) is 67.9 Å². The van der Waals surface area contributed by atoms with E-state index in [4.69, 9.17) is 0 Å². The molecule has 0 aromatic carbocycles. The Labute approximate surface area is 138 Å². The number of hydrogen-bond donors (Lipinski definition) is 1. The van der Waals surface area contributed by atoms with Gasteiger partial charge in [-0.3, -0.25) is 4.79 Å². The molecular weight excluding hydrogens is 320 g/mol. The molecule has 0 saturated carbocycles. The van der Waals surface area contributed by atoms with E-state index in [1.54, 1.807) is 0 Å². The van der Waals surface area contributed by atoms with E-state index in [1.807, 2.05) is 0 Å². The van der Waals surface area contributed by atoms with Crippen LogP contribution in [0.2, 0.25) is 0 Å². The third kappa shape index (κ3) is 6.87. The zero-order valence-corrected chi connectivity index (χ0v) is 14.9. The van der Waals surface area contributed by atoms with Crippen molar-refractivity contribution in [2.45, 2.75) is 43.8 Å². The Morgan fingerprint density at radius 1 is 1.18 bits per heavy atom. The molecule has 0 aromatic heterocycles. The van der Waals surface area contributed by atoms with Gasteiger partial charge in [-0.1, -0.05) is 12.8 Å². The van der Waals surface area contributed by atoms with Crippen LogP contribution in [0.25, 0.3) is 0 Å². The lowest BCUT2D eigenvalue weighted by atomic mass is 10.2. The fourth-order valence-corrected chi connectivity index (χ4v) is 6.50. The number of amides is 1. The van der Waals surface area contributed by atoms with Crippen molar-refractivity contribution in [2.24, 2.45) is 0 Å². The number of nitrogens with zero attached hydrogens (tertiary/aromatic N) is 1. The molecule has 1 atom stereocenters. The molecule has 2 saturated heterocycles. The molecule has 2 heterocycles. The van der Waals surface area contributed by atoms with Crippen molar-refractivity contribution in [3.63, 3.8) is 0 Å². The number of carbonyl (C=O) groups is 1. The van der Waals surface area contributed by atoms with Gasteiger partial charge in [-0.25, -0.2) is 8.42 Å². The summed E-state index contributed by atoms with van der Waals surface area (Å²) in [5.41, 5.74) is 0. The summed E-state index contributed by atoms with van der Waals surface area (Å²) in [5, 5.41) is 3.05. The fraction of sp³-hybridized carbons (Fsp3) is 0.933. The summed E-state index contributed by atoms with van der Waals surface area (Å²) in [5.74, 6) is 0.927. The molecule has 5 nitrogen and oxygen atoms in total. The first-order chi connectivity index (χ1) is 10.6. The number of rotatable bonds is 7. The van der Waals surface area contributed by atoms with Gasteiger partial charge in [-0.15, -0.1) is 11.8 Å². The van der Waals surface area contributed by atoms with Crippen molar-refractivity contribution in [1.82, 2.24) is 10.2 Å². The minimum Gasteiger partial charge on any atom is -0.355 e. The molecule has 22 heavy (non-hydrogen) atoms. The Hall–Kier alpha value is -0.270. The van der Waals surface area contributed by atoms with Gasteiger partial charge in [0, 0.05) is 11.8 Å². The lowest BCUT2D eigenvalue weighted by Gasteiger charge is -2.19. The zero-order chi connectivity index (χ0) is 15.8. The van der Waals surface area contributed by atoms with Gasteiger partial charge in [0.1, 0.15) is 0 Å². The number of likely N-dealkylation sites (tertiary alicyclic amines) is 1. The monoisotopic (exact) mass is 348 g/mol. The maximum absolute atomic E-state index is 11.8. The number of hydrogen-bond acceptors (Lipinski definition) is 5. The van der Waals surface area contributed by atoms with Gasteiger partial charge in [0.05, 0.1) is 17.3 Å². The molecule has 1 amide bonds. The Morgan fingerprint density at radius 2 is 1.91 bits per heavy atom. The molecule has 2 aliphatic heterocycles. The van der Waals surface area contributed by atoms with Crippen LogP contribution in [0.4, 0.5) is 0 Å². The summed E-state index contributed by atoms with van der Waals surface area (Å²) < 4.78 is 22.7. The van der Waals surface area contributed by atoms with Crippen molar-refractivity contribution in [2.75, 3.05) is 43.4 Å². The molecule has 0 aliphatic carbocycles. The van der Waals surface area contributed by atoms with Crippen molar-refractivity contribution in [3.05, 3.63) is 0 Å². The van der Waals surface area contributed by atoms with E-state index in [2.05, 4.69) is 10.2 Å².